The van der Waals surface area contributed by atoms with Crippen LogP contribution in [-0.4, -0.2) is 28.1 Å². The second kappa shape index (κ2) is 7.09. The van der Waals surface area contributed by atoms with Crippen molar-refractivity contribution in [1.29, 1.82) is 0 Å². The summed E-state index contributed by atoms with van der Waals surface area (Å²) in [4.78, 5) is -0.0369. The van der Waals surface area contributed by atoms with E-state index in [0.29, 0.717) is 12.5 Å². The van der Waals surface area contributed by atoms with Gasteiger partial charge in [0, 0.05) is 6.54 Å². The Kier molecular flexibility index (Phi) is 5.69. The first-order chi connectivity index (χ1) is 9.50. The van der Waals surface area contributed by atoms with E-state index in [9.17, 15) is 8.42 Å². The van der Waals surface area contributed by atoms with Gasteiger partial charge in [-0.3, -0.25) is 0 Å². The minimum absolute atomic E-state index is 0.0369. The summed E-state index contributed by atoms with van der Waals surface area (Å²) < 4.78 is 27.0. The third kappa shape index (κ3) is 4.09. The van der Waals surface area contributed by atoms with E-state index >= 15 is 0 Å². The highest BCUT2D eigenvalue weighted by Crippen LogP contribution is 2.28. The fourth-order valence-corrected chi connectivity index (χ4v) is 4.57. The summed E-state index contributed by atoms with van der Waals surface area (Å²) in [6, 6.07) is 4.66. The van der Waals surface area contributed by atoms with E-state index in [4.69, 9.17) is 23.2 Å². The van der Waals surface area contributed by atoms with Gasteiger partial charge >= 0.3 is 0 Å². The van der Waals surface area contributed by atoms with Crippen LogP contribution in [0.4, 0.5) is 0 Å². The third-order valence-corrected chi connectivity index (χ3v) is 5.85. The molecule has 7 heteroatoms. The number of sulfonamides is 1. The molecule has 1 aromatic carbocycles. The van der Waals surface area contributed by atoms with E-state index in [1.807, 2.05) is 0 Å². The van der Waals surface area contributed by atoms with Crippen molar-refractivity contribution in [3.05, 3.63) is 28.2 Å². The van der Waals surface area contributed by atoms with Crippen LogP contribution in [0.5, 0.6) is 0 Å². The average Bonchev–Trinajstić information content (AvgIpc) is 2.39. The van der Waals surface area contributed by atoms with Gasteiger partial charge in [0.05, 0.1) is 10.0 Å². The second-order valence-electron chi connectivity index (χ2n) is 4.95. The highest BCUT2D eigenvalue weighted by molar-refractivity contribution is 7.89. The lowest BCUT2D eigenvalue weighted by molar-refractivity contribution is 0.358. The summed E-state index contributed by atoms with van der Waals surface area (Å²) >= 11 is 11.9. The number of nitrogens with one attached hydrogen (secondary N) is 2. The Morgan fingerprint density at radius 2 is 2.00 bits per heavy atom. The van der Waals surface area contributed by atoms with Crippen molar-refractivity contribution in [2.24, 2.45) is 5.92 Å². The predicted octanol–water partition coefficient (Wildman–Crippen LogP) is 2.66. The lowest BCUT2D eigenvalue weighted by atomic mass is 9.96. The molecule has 1 heterocycles. The van der Waals surface area contributed by atoms with E-state index in [1.165, 1.54) is 12.1 Å². The van der Waals surface area contributed by atoms with E-state index in [0.717, 1.165) is 32.4 Å². The zero-order valence-corrected chi connectivity index (χ0v) is 13.4. The Hall–Kier alpha value is -0.330. The first-order valence-corrected chi connectivity index (χ1v) is 8.89. The predicted molar refractivity (Wildman–Crippen MR) is 81.9 cm³/mol. The van der Waals surface area contributed by atoms with Crippen LogP contribution in [0.2, 0.25) is 10.0 Å². The molecule has 0 radical (unpaired) electrons. The van der Waals surface area contributed by atoms with Crippen LogP contribution in [0.1, 0.15) is 19.3 Å². The second-order valence-corrected chi connectivity index (χ2v) is 7.47. The molecule has 20 heavy (non-hydrogen) atoms. The summed E-state index contributed by atoms with van der Waals surface area (Å²) in [5.41, 5.74) is 0. The maximum absolute atomic E-state index is 12.2. The largest absolute Gasteiger partial charge is 0.316 e. The van der Waals surface area contributed by atoms with Gasteiger partial charge in [0.25, 0.3) is 0 Å². The maximum Gasteiger partial charge on any atom is 0.243 e. The van der Waals surface area contributed by atoms with Crippen LogP contribution >= 0.6 is 23.2 Å². The number of rotatable bonds is 5. The molecule has 1 fully saturated rings. The van der Waals surface area contributed by atoms with Gasteiger partial charge in [-0.05, 0) is 50.4 Å². The van der Waals surface area contributed by atoms with Crippen molar-refractivity contribution >= 4 is 33.2 Å². The third-order valence-electron chi connectivity index (χ3n) is 3.43. The number of benzene rings is 1. The minimum atomic E-state index is -3.66. The van der Waals surface area contributed by atoms with Gasteiger partial charge in [-0.25, -0.2) is 13.1 Å². The Morgan fingerprint density at radius 3 is 2.60 bits per heavy atom. The first-order valence-electron chi connectivity index (χ1n) is 6.65. The molecule has 2 rings (SSSR count). The molecule has 1 atom stereocenters. The maximum atomic E-state index is 12.2. The van der Waals surface area contributed by atoms with Crippen molar-refractivity contribution in [2.75, 3.05) is 19.6 Å². The highest BCUT2D eigenvalue weighted by atomic mass is 35.5. The lowest BCUT2D eigenvalue weighted by Crippen LogP contribution is -2.33. The van der Waals surface area contributed by atoms with Crippen LogP contribution in [0.15, 0.2) is 23.1 Å². The molecule has 0 aliphatic carbocycles. The Balaban J connectivity index is 1.97. The standard InChI is InChI=1S/C13H18Cl2N2O2S/c14-11-4-1-5-12(15)13(11)20(18,19)17-8-6-10-3-2-7-16-9-10/h1,4-5,10,16-17H,2-3,6-9H2. The molecule has 1 saturated heterocycles. The van der Waals surface area contributed by atoms with Gasteiger partial charge in [0.2, 0.25) is 10.0 Å². The fraction of sp³-hybridized carbons (Fsp3) is 0.538. The van der Waals surface area contributed by atoms with E-state index in [-0.39, 0.29) is 14.9 Å². The zero-order valence-electron chi connectivity index (χ0n) is 11.0. The Labute approximate surface area is 129 Å². The molecule has 0 aromatic heterocycles. The molecule has 1 unspecified atom stereocenters. The summed E-state index contributed by atoms with van der Waals surface area (Å²) in [6.45, 7) is 2.41. The molecule has 1 aliphatic rings. The number of hydrogen-bond acceptors (Lipinski definition) is 3. The van der Waals surface area contributed by atoms with Crippen molar-refractivity contribution in [2.45, 2.75) is 24.2 Å². The van der Waals surface area contributed by atoms with Crippen LogP contribution in [0.3, 0.4) is 0 Å². The number of piperidine rings is 1. The van der Waals surface area contributed by atoms with E-state index < -0.39 is 10.0 Å². The number of hydrogen-bond donors (Lipinski definition) is 2. The van der Waals surface area contributed by atoms with Gasteiger partial charge in [-0.15, -0.1) is 0 Å². The molecule has 112 valence electrons. The van der Waals surface area contributed by atoms with Crippen molar-refractivity contribution in [3.63, 3.8) is 0 Å². The molecule has 0 amide bonds. The Bertz CT molecular complexity index is 537. The summed E-state index contributed by atoms with van der Waals surface area (Å²) in [5, 5.41) is 3.60. The molecule has 0 spiro atoms. The number of halogens is 2. The Morgan fingerprint density at radius 1 is 1.30 bits per heavy atom. The fourth-order valence-electron chi connectivity index (χ4n) is 2.38. The van der Waals surface area contributed by atoms with Gasteiger partial charge in [-0.2, -0.15) is 0 Å². The molecular weight excluding hydrogens is 319 g/mol. The van der Waals surface area contributed by atoms with Gasteiger partial charge in [0.1, 0.15) is 4.90 Å². The monoisotopic (exact) mass is 336 g/mol. The minimum Gasteiger partial charge on any atom is -0.316 e. The van der Waals surface area contributed by atoms with Crippen LogP contribution in [-0.2, 0) is 10.0 Å². The smallest absolute Gasteiger partial charge is 0.243 e. The molecule has 1 aliphatic heterocycles. The molecule has 4 nitrogen and oxygen atoms in total. The quantitative estimate of drug-likeness (QED) is 0.868. The van der Waals surface area contributed by atoms with Crippen molar-refractivity contribution in [1.82, 2.24) is 10.0 Å². The molecule has 1 aromatic rings. The summed E-state index contributed by atoms with van der Waals surface area (Å²) in [6.07, 6.45) is 3.10. The first kappa shape index (κ1) is 16.0. The molecule has 0 bridgehead atoms. The summed E-state index contributed by atoms with van der Waals surface area (Å²) in [5.74, 6) is 0.521. The average molecular weight is 337 g/mol. The zero-order chi connectivity index (χ0) is 14.6. The van der Waals surface area contributed by atoms with Crippen LogP contribution < -0.4 is 10.0 Å². The van der Waals surface area contributed by atoms with Crippen LogP contribution in [0, 0.1) is 5.92 Å². The summed E-state index contributed by atoms with van der Waals surface area (Å²) in [7, 11) is -3.66. The van der Waals surface area contributed by atoms with Crippen molar-refractivity contribution in [3.8, 4) is 0 Å². The molecular formula is C13H18Cl2N2O2S. The van der Waals surface area contributed by atoms with Gasteiger partial charge < -0.3 is 5.32 Å². The normalized spacial score (nSPS) is 20.0. The molecule has 2 N–H and O–H groups in total. The van der Waals surface area contributed by atoms with E-state index in [1.54, 1.807) is 6.07 Å². The molecule has 0 saturated carbocycles. The highest BCUT2D eigenvalue weighted by Gasteiger charge is 2.21. The SMILES string of the molecule is O=S(=O)(NCCC1CCCNC1)c1c(Cl)cccc1Cl. The van der Waals surface area contributed by atoms with Gasteiger partial charge in [0.15, 0.2) is 0 Å². The van der Waals surface area contributed by atoms with Crippen molar-refractivity contribution < 1.29 is 8.42 Å². The van der Waals surface area contributed by atoms with Gasteiger partial charge in [-0.1, -0.05) is 29.3 Å². The van der Waals surface area contributed by atoms with E-state index in [2.05, 4.69) is 10.0 Å². The van der Waals surface area contributed by atoms with Crippen LogP contribution in [0.25, 0.3) is 0 Å². The lowest BCUT2D eigenvalue weighted by Gasteiger charge is -2.22. The topological polar surface area (TPSA) is 58.2 Å².